The van der Waals surface area contributed by atoms with Crippen LogP contribution < -0.4 is 11.1 Å². The Bertz CT molecular complexity index is 600. The maximum atomic E-state index is 12.1. The summed E-state index contributed by atoms with van der Waals surface area (Å²) in [4.78, 5) is 16.3. The van der Waals surface area contributed by atoms with Crippen LogP contribution in [-0.4, -0.2) is 16.9 Å². The van der Waals surface area contributed by atoms with Crippen LogP contribution >= 0.6 is 11.3 Å². The summed E-state index contributed by atoms with van der Waals surface area (Å²) in [6.45, 7) is 0. The van der Waals surface area contributed by atoms with E-state index < -0.39 is 0 Å². The van der Waals surface area contributed by atoms with Gasteiger partial charge >= 0.3 is 0 Å². The summed E-state index contributed by atoms with van der Waals surface area (Å²) in [5, 5.41) is 5.56. The van der Waals surface area contributed by atoms with Crippen molar-refractivity contribution in [2.24, 2.45) is 0 Å². The van der Waals surface area contributed by atoms with Gasteiger partial charge in [-0.3, -0.25) is 4.79 Å². The number of benzene rings is 1. The highest BCUT2D eigenvalue weighted by atomic mass is 32.1. The van der Waals surface area contributed by atoms with Crippen LogP contribution in [0.3, 0.4) is 0 Å². The molecule has 1 aromatic heterocycles. The van der Waals surface area contributed by atoms with E-state index in [-0.39, 0.29) is 5.91 Å². The minimum atomic E-state index is 0.0150. The molecular weight excluding hydrogens is 270 g/mol. The van der Waals surface area contributed by atoms with Crippen LogP contribution in [0.2, 0.25) is 0 Å². The lowest BCUT2D eigenvalue weighted by Gasteiger charge is -2.11. The van der Waals surface area contributed by atoms with Crippen molar-refractivity contribution >= 4 is 22.4 Å². The molecule has 1 fully saturated rings. The van der Waals surface area contributed by atoms with E-state index in [1.165, 1.54) is 24.2 Å². The molecule has 2 aromatic rings. The van der Waals surface area contributed by atoms with Crippen LogP contribution in [0.1, 0.15) is 36.0 Å². The number of carbonyl (C=O) groups is 1. The second-order valence-electron chi connectivity index (χ2n) is 5.10. The lowest BCUT2D eigenvalue weighted by Crippen LogP contribution is -2.32. The molecule has 1 heterocycles. The first-order chi connectivity index (χ1) is 9.72. The molecule has 0 unspecified atom stereocenters. The Labute approximate surface area is 122 Å². The molecule has 0 atom stereocenters. The van der Waals surface area contributed by atoms with Crippen LogP contribution in [0.25, 0.3) is 11.3 Å². The van der Waals surface area contributed by atoms with Crippen LogP contribution in [0.15, 0.2) is 29.6 Å². The second-order valence-corrected chi connectivity index (χ2v) is 5.99. The van der Waals surface area contributed by atoms with Gasteiger partial charge in [-0.05, 0) is 25.0 Å². The molecule has 4 nitrogen and oxygen atoms in total. The van der Waals surface area contributed by atoms with Gasteiger partial charge in [-0.1, -0.05) is 25.0 Å². The van der Waals surface area contributed by atoms with Gasteiger partial charge in [0.1, 0.15) is 0 Å². The monoisotopic (exact) mass is 287 g/mol. The van der Waals surface area contributed by atoms with Gasteiger partial charge in [0.2, 0.25) is 0 Å². The number of carbonyl (C=O) groups excluding carboxylic acids is 1. The molecule has 0 aliphatic heterocycles. The van der Waals surface area contributed by atoms with Gasteiger partial charge in [0.25, 0.3) is 5.91 Å². The fourth-order valence-electron chi connectivity index (χ4n) is 2.55. The molecule has 1 amide bonds. The van der Waals surface area contributed by atoms with E-state index in [4.69, 9.17) is 5.73 Å². The quantitative estimate of drug-likeness (QED) is 0.911. The Hall–Kier alpha value is -1.88. The molecule has 1 aliphatic carbocycles. The first-order valence-electron chi connectivity index (χ1n) is 6.85. The van der Waals surface area contributed by atoms with Crippen molar-refractivity contribution in [2.45, 2.75) is 31.7 Å². The molecular formula is C15H17N3OS. The number of nitrogens with two attached hydrogens (primary N) is 1. The van der Waals surface area contributed by atoms with Gasteiger partial charge in [0, 0.05) is 22.5 Å². The zero-order valence-electron chi connectivity index (χ0n) is 11.1. The molecule has 104 valence electrons. The van der Waals surface area contributed by atoms with E-state index in [9.17, 15) is 4.79 Å². The number of amides is 1. The van der Waals surface area contributed by atoms with Crippen molar-refractivity contribution in [2.75, 3.05) is 5.73 Å². The Kier molecular flexibility index (Phi) is 3.69. The minimum Gasteiger partial charge on any atom is -0.375 e. The molecule has 1 aliphatic rings. The number of thiazole rings is 1. The summed E-state index contributed by atoms with van der Waals surface area (Å²) in [7, 11) is 0. The number of anilines is 1. The summed E-state index contributed by atoms with van der Waals surface area (Å²) in [6.07, 6.45) is 4.63. The average molecular weight is 287 g/mol. The van der Waals surface area contributed by atoms with Gasteiger partial charge < -0.3 is 11.1 Å². The summed E-state index contributed by atoms with van der Waals surface area (Å²) < 4.78 is 0. The Morgan fingerprint density at radius 1 is 1.25 bits per heavy atom. The number of hydrogen-bond acceptors (Lipinski definition) is 4. The first-order valence-corrected chi connectivity index (χ1v) is 7.72. The molecule has 5 heteroatoms. The smallest absolute Gasteiger partial charge is 0.251 e. The van der Waals surface area contributed by atoms with E-state index in [0.29, 0.717) is 16.7 Å². The number of nitrogens with zero attached hydrogens (tertiary/aromatic N) is 1. The third-order valence-corrected chi connectivity index (χ3v) is 4.33. The van der Waals surface area contributed by atoms with E-state index >= 15 is 0 Å². The van der Waals surface area contributed by atoms with E-state index in [0.717, 1.165) is 24.1 Å². The average Bonchev–Trinajstić information content (AvgIpc) is 3.10. The Morgan fingerprint density at radius 3 is 2.55 bits per heavy atom. The number of rotatable bonds is 3. The van der Waals surface area contributed by atoms with Crippen LogP contribution in [0, 0.1) is 0 Å². The highest BCUT2D eigenvalue weighted by molar-refractivity contribution is 7.13. The fourth-order valence-corrected chi connectivity index (χ4v) is 3.12. The molecule has 0 saturated heterocycles. The molecule has 3 N–H and O–H groups in total. The predicted octanol–water partition coefficient (Wildman–Crippen LogP) is 3.06. The zero-order valence-corrected chi connectivity index (χ0v) is 12.0. The van der Waals surface area contributed by atoms with Crippen molar-refractivity contribution in [1.82, 2.24) is 10.3 Å². The third-order valence-electron chi connectivity index (χ3n) is 3.66. The summed E-state index contributed by atoms with van der Waals surface area (Å²) in [5.41, 5.74) is 8.17. The Balaban J connectivity index is 1.70. The van der Waals surface area contributed by atoms with Crippen LogP contribution in [-0.2, 0) is 0 Å². The van der Waals surface area contributed by atoms with Gasteiger partial charge in [0.15, 0.2) is 5.13 Å². The standard InChI is InChI=1S/C15H17N3OS/c16-15-18-13(9-20-15)10-5-7-11(8-6-10)14(19)17-12-3-1-2-4-12/h5-9,12H,1-4H2,(H2,16,18)(H,17,19). The van der Waals surface area contributed by atoms with Gasteiger partial charge in [-0.15, -0.1) is 11.3 Å². The second kappa shape index (κ2) is 5.63. The van der Waals surface area contributed by atoms with Gasteiger partial charge in [0.05, 0.1) is 5.69 Å². The molecule has 0 radical (unpaired) electrons. The van der Waals surface area contributed by atoms with E-state index in [1.54, 1.807) is 0 Å². The lowest BCUT2D eigenvalue weighted by molar-refractivity contribution is 0.0938. The molecule has 1 aromatic carbocycles. The Morgan fingerprint density at radius 2 is 1.95 bits per heavy atom. The van der Waals surface area contributed by atoms with Crippen molar-refractivity contribution < 1.29 is 4.79 Å². The van der Waals surface area contributed by atoms with Crippen molar-refractivity contribution in [3.05, 3.63) is 35.2 Å². The minimum absolute atomic E-state index is 0.0150. The molecule has 0 bridgehead atoms. The molecule has 1 saturated carbocycles. The highest BCUT2D eigenvalue weighted by Crippen LogP contribution is 2.23. The fraction of sp³-hybridized carbons (Fsp3) is 0.333. The SMILES string of the molecule is Nc1nc(-c2ccc(C(=O)NC3CCCC3)cc2)cs1. The van der Waals surface area contributed by atoms with Crippen LogP contribution in [0.4, 0.5) is 5.13 Å². The molecule has 20 heavy (non-hydrogen) atoms. The summed E-state index contributed by atoms with van der Waals surface area (Å²) in [5.74, 6) is 0.0150. The van der Waals surface area contributed by atoms with Crippen molar-refractivity contribution in [1.29, 1.82) is 0 Å². The topological polar surface area (TPSA) is 68.0 Å². The normalized spacial score (nSPS) is 15.4. The number of hydrogen-bond donors (Lipinski definition) is 2. The maximum Gasteiger partial charge on any atom is 0.251 e. The summed E-state index contributed by atoms with van der Waals surface area (Å²) >= 11 is 1.42. The van der Waals surface area contributed by atoms with Gasteiger partial charge in [-0.25, -0.2) is 4.98 Å². The lowest BCUT2D eigenvalue weighted by atomic mass is 10.1. The van der Waals surface area contributed by atoms with Gasteiger partial charge in [-0.2, -0.15) is 0 Å². The number of aromatic nitrogens is 1. The molecule has 0 spiro atoms. The largest absolute Gasteiger partial charge is 0.375 e. The number of nitrogen functional groups attached to an aromatic ring is 1. The van der Waals surface area contributed by atoms with Crippen LogP contribution in [0.5, 0.6) is 0 Å². The first kappa shape index (κ1) is 13.1. The van der Waals surface area contributed by atoms with E-state index in [2.05, 4.69) is 10.3 Å². The maximum absolute atomic E-state index is 12.1. The predicted molar refractivity (Wildman–Crippen MR) is 81.7 cm³/mol. The highest BCUT2D eigenvalue weighted by Gasteiger charge is 2.17. The molecule has 3 rings (SSSR count). The zero-order chi connectivity index (χ0) is 13.9. The summed E-state index contributed by atoms with van der Waals surface area (Å²) in [6, 6.07) is 7.86. The third kappa shape index (κ3) is 2.82. The number of nitrogens with one attached hydrogen (secondary N) is 1. The van der Waals surface area contributed by atoms with E-state index in [1.807, 2.05) is 29.6 Å². The van der Waals surface area contributed by atoms with Crippen molar-refractivity contribution in [3.63, 3.8) is 0 Å². The van der Waals surface area contributed by atoms with Crippen molar-refractivity contribution in [3.8, 4) is 11.3 Å².